The van der Waals surface area contributed by atoms with E-state index in [-0.39, 0.29) is 18.9 Å². The van der Waals surface area contributed by atoms with Crippen LogP contribution in [0.5, 0.6) is 0 Å². The van der Waals surface area contributed by atoms with Crippen molar-refractivity contribution in [3.63, 3.8) is 0 Å². The van der Waals surface area contributed by atoms with E-state index in [1.807, 2.05) is 0 Å². The smallest absolute Gasteiger partial charge is 0.211 e. The van der Waals surface area contributed by atoms with Crippen LogP contribution in [0.1, 0.15) is 12.8 Å². The minimum absolute atomic E-state index is 0.0117. The Balaban J connectivity index is 2.30. The molecule has 0 aromatic heterocycles. The number of aliphatic hydroxyl groups is 1. The Morgan fingerprint density at radius 3 is 2.88 bits per heavy atom. The summed E-state index contributed by atoms with van der Waals surface area (Å²) in [5.74, 6) is 0.0117. The lowest BCUT2D eigenvalue weighted by Gasteiger charge is -2.20. The molecule has 2 N–H and O–H groups in total. The van der Waals surface area contributed by atoms with Gasteiger partial charge >= 0.3 is 0 Å². The fraction of sp³-hybridized carbons (Fsp3) is 1.00. The summed E-state index contributed by atoms with van der Waals surface area (Å²) < 4.78 is 35.2. The summed E-state index contributed by atoms with van der Waals surface area (Å²) >= 11 is 0. The summed E-state index contributed by atoms with van der Waals surface area (Å²) in [6.07, 6.45) is 0.911. The van der Waals surface area contributed by atoms with E-state index < -0.39 is 15.6 Å². The van der Waals surface area contributed by atoms with Gasteiger partial charge in [-0.1, -0.05) is 0 Å². The quantitative estimate of drug-likeness (QED) is 0.574. The van der Waals surface area contributed by atoms with Gasteiger partial charge < -0.3 is 14.6 Å². The molecule has 1 aliphatic rings. The molecule has 0 aromatic rings. The van der Waals surface area contributed by atoms with E-state index in [9.17, 15) is 13.5 Å². The van der Waals surface area contributed by atoms with Crippen molar-refractivity contribution >= 4 is 10.0 Å². The molecular weight excluding hydrogens is 234 g/mol. The zero-order valence-corrected chi connectivity index (χ0v) is 10.3. The summed E-state index contributed by atoms with van der Waals surface area (Å²) in [4.78, 5) is 0. The first-order valence-electron chi connectivity index (χ1n) is 5.24. The van der Waals surface area contributed by atoms with E-state index in [4.69, 9.17) is 9.47 Å². The third kappa shape index (κ3) is 4.75. The predicted molar refractivity (Wildman–Crippen MR) is 58.7 cm³/mol. The average molecular weight is 253 g/mol. The molecule has 0 saturated carbocycles. The minimum atomic E-state index is -3.32. The molecule has 0 aromatic carbocycles. The topological polar surface area (TPSA) is 84.9 Å². The van der Waals surface area contributed by atoms with E-state index in [1.165, 1.54) is 7.11 Å². The maximum absolute atomic E-state index is 11.5. The van der Waals surface area contributed by atoms with Gasteiger partial charge in [-0.15, -0.1) is 0 Å². The highest BCUT2D eigenvalue weighted by atomic mass is 32.2. The molecule has 6 nitrogen and oxygen atoms in total. The Bertz CT molecular complexity index is 297. The zero-order chi connectivity index (χ0) is 12.1. The summed E-state index contributed by atoms with van der Waals surface area (Å²) in [5.41, 5.74) is -1.05. The molecule has 1 rings (SSSR count). The van der Waals surface area contributed by atoms with Crippen molar-refractivity contribution in [2.45, 2.75) is 18.4 Å². The van der Waals surface area contributed by atoms with Crippen molar-refractivity contribution in [2.24, 2.45) is 0 Å². The van der Waals surface area contributed by atoms with Crippen LogP contribution in [0, 0.1) is 0 Å². The normalized spacial score (nSPS) is 26.1. The van der Waals surface area contributed by atoms with Gasteiger partial charge in [-0.05, 0) is 6.42 Å². The molecule has 0 amide bonds. The van der Waals surface area contributed by atoms with Crippen molar-refractivity contribution in [1.29, 1.82) is 0 Å². The van der Waals surface area contributed by atoms with E-state index in [0.717, 1.165) is 0 Å². The number of ether oxygens (including phenoxy) is 2. The van der Waals surface area contributed by atoms with Crippen LogP contribution in [-0.2, 0) is 19.5 Å². The second-order valence-corrected chi connectivity index (χ2v) is 5.94. The number of nitrogens with one attached hydrogen (secondary N) is 1. The van der Waals surface area contributed by atoms with E-state index in [1.54, 1.807) is 0 Å². The fourth-order valence-electron chi connectivity index (χ4n) is 1.45. The molecule has 16 heavy (non-hydrogen) atoms. The molecule has 1 unspecified atom stereocenters. The van der Waals surface area contributed by atoms with E-state index in [0.29, 0.717) is 26.1 Å². The highest BCUT2D eigenvalue weighted by Gasteiger charge is 2.33. The monoisotopic (exact) mass is 253 g/mol. The zero-order valence-electron chi connectivity index (χ0n) is 9.44. The predicted octanol–water partition coefficient (Wildman–Crippen LogP) is -0.906. The largest absolute Gasteiger partial charge is 0.386 e. The van der Waals surface area contributed by atoms with Crippen LogP contribution in [0.15, 0.2) is 0 Å². The van der Waals surface area contributed by atoms with Crippen molar-refractivity contribution in [2.75, 3.05) is 39.2 Å². The van der Waals surface area contributed by atoms with Gasteiger partial charge in [0.25, 0.3) is 0 Å². The van der Waals surface area contributed by atoms with Crippen LogP contribution in [0.3, 0.4) is 0 Å². The van der Waals surface area contributed by atoms with Crippen LogP contribution < -0.4 is 4.72 Å². The van der Waals surface area contributed by atoms with E-state index >= 15 is 0 Å². The molecule has 1 heterocycles. The second-order valence-electron chi connectivity index (χ2n) is 4.01. The lowest BCUT2D eigenvalue weighted by molar-refractivity contribution is 0.0314. The molecule has 1 fully saturated rings. The Morgan fingerprint density at radius 1 is 1.56 bits per heavy atom. The van der Waals surface area contributed by atoms with Crippen LogP contribution in [0.2, 0.25) is 0 Å². The van der Waals surface area contributed by atoms with Crippen LogP contribution in [0.4, 0.5) is 0 Å². The van der Waals surface area contributed by atoms with Crippen LogP contribution in [-0.4, -0.2) is 58.4 Å². The van der Waals surface area contributed by atoms with Crippen molar-refractivity contribution in [1.82, 2.24) is 4.72 Å². The van der Waals surface area contributed by atoms with Gasteiger partial charge in [0.2, 0.25) is 10.0 Å². The maximum Gasteiger partial charge on any atom is 0.211 e. The summed E-state index contributed by atoms with van der Waals surface area (Å²) in [6, 6.07) is 0. The molecular formula is C9H19NO5S. The van der Waals surface area contributed by atoms with Crippen LogP contribution >= 0.6 is 0 Å². The summed E-state index contributed by atoms with van der Waals surface area (Å²) in [6.45, 7) is 1.09. The third-order valence-corrected chi connectivity index (χ3v) is 3.88. The lowest BCUT2D eigenvalue weighted by Crippen LogP contribution is -2.44. The highest BCUT2D eigenvalue weighted by molar-refractivity contribution is 7.89. The summed E-state index contributed by atoms with van der Waals surface area (Å²) in [5, 5.41) is 9.85. The van der Waals surface area contributed by atoms with Gasteiger partial charge in [-0.3, -0.25) is 0 Å². The van der Waals surface area contributed by atoms with Crippen LogP contribution in [0.25, 0.3) is 0 Å². The Kier molecular flexibility index (Phi) is 5.13. The standard InChI is InChI=1S/C9H19NO5S/c1-14-4-2-6-16(12,13)10-7-9(11)3-5-15-8-9/h10-11H,2-8H2,1H3. The van der Waals surface area contributed by atoms with Crippen molar-refractivity contribution < 1.29 is 23.0 Å². The van der Waals surface area contributed by atoms with Crippen molar-refractivity contribution in [3.05, 3.63) is 0 Å². The second kappa shape index (κ2) is 5.92. The molecule has 1 saturated heterocycles. The maximum atomic E-state index is 11.5. The first kappa shape index (κ1) is 13.9. The first-order valence-corrected chi connectivity index (χ1v) is 6.89. The minimum Gasteiger partial charge on any atom is -0.386 e. The van der Waals surface area contributed by atoms with Gasteiger partial charge in [-0.2, -0.15) is 0 Å². The SMILES string of the molecule is COCCCS(=O)(=O)NCC1(O)CCOC1. The van der Waals surface area contributed by atoms with Gasteiger partial charge in [0.1, 0.15) is 5.60 Å². The first-order chi connectivity index (χ1) is 7.47. The molecule has 96 valence electrons. The molecule has 0 bridgehead atoms. The molecule has 1 aliphatic heterocycles. The molecule has 0 aliphatic carbocycles. The average Bonchev–Trinajstić information content (AvgIpc) is 2.64. The number of hydrogen-bond acceptors (Lipinski definition) is 5. The van der Waals surface area contributed by atoms with E-state index in [2.05, 4.69) is 4.72 Å². The number of rotatable bonds is 7. The molecule has 7 heteroatoms. The highest BCUT2D eigenvalue weighted by Crippen LogP contribution is 2.17. The van der Waals surface area contributed by atoms with Gasteiger partial charge in [0.05, 0.1) is 12.4 Å². The summed E-state index contributed by atoms with van der Waals surface area (Å²) in [7, 11) is -1.80. The van der Waals surface area contributed by atoms with Gasteiger partial charge in [0, 0.05) is 33.3 Å². The molecule has 1 atom stereocenters. The van der Waals surface area contributed by atoms with Gasteiger partial charge in [0.15, 0.2) is 0 Å². The number of hydrogen-bond donors (Lipinski definition) is 2. The van der Waals surface area contributed by atoms with Crippen molar-refractivity contribution in [3.8, 4) is 0 Å². The molecule has 0 radical (unpaired) electrons. The van der Waals surface area contributed by atoms with Gasteiger partial charge in [-0.25, -0.2) is 13.1 Å². The number of methoxy groups -OCH3 is 1. The number of sulfonamides is 1. The Hall–Kier alpha value is -0.210. The fourth-order valence-corrected chi connectivity index (χ4v) is 2.58. The Labute approximate surface area is 96.0 Å². The third-order valence-electron chi connectivity index (χ3n) is 2.47. The molecule has 0 spiro atoms. The lowest BCUT2D eigenvalue weighted by atomic mass is 10.1. The Morgan fingerprint density at radius 2 is 2.31 bits per heavy atom.